The molecule has 25 heavy (non-hydrogen) atoms. The zero-order chi connectivity index (χ0) is 17.9. The van der Waals surface area contributed by atoms with Crippen molar-refractivity contribution >= 4 is 17.5 Å². The molecule has 132 valence electrons. The van der Waals surface area contributed by atoms with Crippen molar-refractivity contribution in [3.63, 3.8) is 0 Å². The number of hydrogen-bond acceptors (Lipinski definition) is 3. The number of nitrogens with zero attached hydrogens (tertiary/aromatic N) is 2. The average molecular weight is 346 g/mol. The van der Waals surface area contributed by atoms with Gasteiger partial charge in [0.1, 0.15) is 5.82 Å². The second-order valence-electron chi connectivity index (χ2n) is 6.19. The van der Waals surface area contributed by atoms with E-state index in [1.165, 1.54) is 18.2 Å². The number of anilines is 2. The van der Waals surface area contributed by atoms with Gasteiger partial charge >= 0.3 is 6.03 Å². The Morgan fingerprint density at radius 2 is 2.12 bits per heavy atom. The highest BCUT2D eigenvalue weighted by Crippen LogP contribution is 2.28. The Labute approximate surface area is 145 Å². The van der Waals surface area contributed by atoms with Gasteiger partial charge in [-0.05, 0) is 30.7 Å². The molecule has 2 aromatic rings. The van der Waals surface area contributed by atoms with Gasteiger partial charge in [-0.1, -0.05) is 18.2 Å². The molecule has 0 radical (unpaired) electrons. The normalized spacial score (nSPS) is 17.4. The molecule has 1 saturated heterocycles. The second kappa shape index (κ2) is 7.04. The Morgan fingerprint density at radius 3 is 2.84 bits per heavy atom. The zero-order valence-corrected chi connectivity index (χ0v) is 13.9. The number of nitrogens with one attached hydrogen (secondary N) is 2. The SMILES string of the molecule is CC(F)(F)c1cccc(NC(=O)NC2CCN(c3ccccn3)C2)c1. The molecule has 0 spiro atoms. The molecule has 1 aliphatic heterocycles. The summed E-state index contributed by atoms with van der Waals surface area (Å²) in [7, 11) is 0. The van der Waals surface area contributed by atoms with Crippen molar-refractivity contribution in [2.75, 3.05) is 23.3 Å². The number of hydrogen-bond donors (Lipinski definition) is 2. The molecule has 2 N–H and O–H groups in total. The topological polar surface area (TPSA) is 57.3 Å². The van der Waals surface area contributed by atoms with Crippen LogP contribution in [0.1, 0.15) is 18.9 Å². The predicted octanol–water partition coefficient (Wildman–Crippen LogP) is 3.59. The molecule has 1 aromatic heterocycles. The van der Waals surface area contributed by atoms with Gasteiger partial charge in [-0.15, -0.1) is 0 Å². The molecule has 1 atom stereocenters. The largest absolute Gasteiger partial charge is 0.354 e. The molecule has 0 aliphatic carbocycles. The number of rotatable bonds is 4. The molecule has 1 aromatic carbocycles. The lowest BCUT2D eigenvalue weighted by Gasteiger charge is -2.18. The number of aromatic nitrogens is 1. The van der Waals surface area contributed by atoms with Crippen LogP contribution in [0.25, 0.3) is 0 Å². The van der Waals surface area contributed by atoms with Gasteiger partial charge in [0.2, 0.25) is 0 Å². The van der Waals surface area contributed by atoms with Crippen molar-refractivity contribution in [1.82, 2.24) is 10.3 Å². The van der Waals surface area contributed by atoms with E-state index >= 15 is 0 Å². The van der Waals surface area contributed by atoms with Crippen molar-refractivity contribution in [3.8, 4) is 0 Å². The number of alkyl halides is 2. The second-order valence-corrected chi connectivity index (χ2v) is 6.19. The summed E-state index contributed by atoms with van der Waals surface area (Å²) in [5.41, 5.74) is 0.212. The highest BCUT2D eigenvalue weighted by molar-refractivity contribution is 5.89. The number of carbonyl (C=O) groups is 1. The number of pyridine rings is 1. The number of amides is 2. The highest BCUT2D eigenvalue weighted by atomic mass is 19.3. The van der Waals surface area contributed by atoms with Crippen LogP contribution in [0, 0.1) is 0 Å². The van der Waals surface area contributed by atoms with Crippen LogP contribution < -0.4 is 15.5 Å². The molecule has 0 saturated carbocycles. The van der Waals surface area contributed by atoms with E-state index in [1.807, 2.05) is 18.2 Å². The minimum Gasteiger partial charge on any atom is -0.354 e. The lowest BCUT2D eigenvalue weighted by atomic mass is 10.1. The number of halogens is 2. The Hall–Kier alpha value is -2.70. The summed E-state index contributed by atoms with van der Waals surface area (Å²) in [5.74, 6) is -2.06. The molecule has 5 nitrogen and oxygen atoms in total. The quantitative estimate of drug-likeness (QED) is 0.889. The van der Waals surface area contributed by atoms with Gasteiger partial charge in [0.15, 0.2) is 0 Å². The Morgan fingerprint density at radius 1 is 1.28 bits per heavy atom. The summed E-state index contributed by atoms with van der Waals surface area (Å²) < 4.78 is 26.7. The Bertz CT molecular complexity index is 733. The molecule has 1 unspecified atom stereocenters. The predicted molar refractivity (Wildman–Crippen MR) is 93.0 cm³/mol. The summed E-state index contributed by atoms with van der Waals surface area (Å²) in [4.78, 5) is 18.5. The first-order valence-electron chi connectivity index (χ1n) is 8.14. The van der Waals surface area contributed by atoms with E-state index < -0.39 is 12.0 Å². The van der Waals surface area contributed by atoms with Gasteiger partial charge in [-0.2, -0.15) is 0 Å². The standard InChI is InChI=1S/C18H20F2N4O/c1-18(19,20)13-5-4-6-14(11-13)22-17(25)23-15-8-10-24(12-15)16-7-2-3-9-21-16/h2-7,9,11,15H,8,10,12H2,1H3,(H2,22,23,25). The molecule has 2 amide bonds. The van der Waals surface area contributed by atoms with Crippen LogP contribution in [0.15, 0.2) is 48.7 Å². The summed E-state index contributed by atoms with van der Waals surface area (Å²) in [6.07, 6.45) is 2.54. The maximum atomic E-state index is 13.4. The van der Waals surface area contributed by atoms with Crippen molar-refractivity contribution < 1.29 is 13.6 Å². The third kappa shape index (κ3) is 4.43. The first kappa shape index (κ1) is 17.1. The minimum atomic E-state index is -2.94. The van der Waals surface area contributed by atoms with E-state index in [0.29, 0.717) is 12.2 Å². The lowest BCUT2D eigenvalue weighted by molar-refractivity contribution is 0.0175. The molecule has 7 heteroatoms. The molecular weight excluding hydrogens is 326 g/mol. The highest BCUT2D eigenvalue weighted by Gasteiger charge is 2.26. The van der Waals surface area contributed by atoms with Gasteiger partial charge in [-0.3, -0.25) is 0 Å². The van der Waals surface area contributed by atoms with E-state index in [9.17, 15) is 13.6 Å². The van der Waals surface area contributed by atoms with Crippen molar-refractivity contribution in [1.29, 1.82) is 0 Å². The summed E-state index contributed by atoms with van der Waals surface area (Å²) >= 11 is 0. The van der Waals surface area contributed by atoms with Crippen molar-refractivity contribution in [2.24, 2.45) is 0 Å². The zero-order valence-electron chi connectivity index (χ0n) is 13.9. The lowest BCUT2D eigenvalue weighted by Crippen LogP contribution is -2.39. The summed E-state index contributed by atoms with van der Waals surface area (Å²) in [5, 5.41) is 5.50. The van der Waals surface area contributed by atoms with E-state index in [4.69, 9.17) is 0 Å². The monoisotopic (exact) mass is 346 g/mol. The number of carbonyl (C=O) groups excluding carboxylic acids is 1. The number of urea groups is 1. The van der Waals surface area contributed by atoms with Gasteiger partial charge in [0.05, 0.1) is 0 Å². The maximum absolute atomic E-state index is 13.4. The van der Waals surface area contributed by atoms with Gasteiger partial charge in [-0.25, -0.2) is 18.6 Å². The number of benzene rings is 1. The fourth-order valence-electron chi connectivity index (χ4n) is 2.85. The van der Waals surface area contributed by atoms with E-state index in [1.54, 1.807) is 12.3 Å². The van der Waals surface area contributed by atoms with Crippen LogP contribution >= 0.6 is 0 Å². The van der Waals surface area contributed by atoms with Crippen molar-refractivity contribution in [2.45, 2.75) is 25.3 Å². The van der Waals surface area contributed by atoms with Crippen LogP contribution in [0.3, 0.4) is 0 Å². The maximum Gasteiger partial charge on any atom is 0.319 e. The molecule has 0 bridgehead atoms. The average Bonchev–Trinajstić information content (AvgIpc) is 3.03. The van der Waals surface area contributed by atoms with Gasteiger partial charge in [0, 0.05) is 43.5 Å². The van der Waals surface area contributed by atoms with Crippen molar-refractivity contribution in [3.05, 3.63) is 54.2 Å². The summed E-state index contributed by atoms with van der Waals surface area (Å²) in [6, 6.07) is 11.0. The Kier molecular flexibility index (Phi) is 4.83. The van der Waals surface area contributed by atoms with E-state index in [2.05, 4.69) is 20.5 Å². The molecular formula is C18H20F2N4O. The molecule has 1 fully saturated rings. The minimum absolute atomic E-state index is 0.0159. The third-order valence-corrected chi connectivity index (χ3v) is 4.12. The molecule has 1 aliphatic rings. The fourth-order valence-corrected chi connectivity index (χ4v) is 2.85. The fraction of sp³-hybridized carbons (Fsp3) is 0.333. The first-order chi connectivity index (χ1) is 11.9. The van der Waals surface area contributed by atoms with Gasteiger partial charge < -0.3 is 15.5 Å². The molecule has 2 heterocycles. The van der Waals surface area contributed by atoms with E-state index in [0.717, 1.165) is 25.7 Å². The smallest absolute Gasteiger partial charge is 0.319 e. The first-order valence-corrected chi connectivity index (χ1v) is 8.14. The van der Waals surface area contributed by atoms with Crippen LogP contribution in [0.5, 0.6) is 0 Å². The summed E-state index contributed by atoms with van der Waals surface area (Å²) in [6.45, 7) is 2.30. The Balaban J connectivity index is 1.55. The van der Waals surface area contributed by atoms with Crippen LogP contribution in [0.4, 0.5) is 25.1 Å². The van der Waals surface area contributed by atoms with Crippen LogP contribution in [0.2, 0.25) is 0 Å². The molecule has 3 rings (SSSR count). The van der Waals surface area contributed by atoms with Gasteiger partial charge in [0.25, 0.3) is 5.92 Å². The van der Waals surface area contributed by atoms with Crippen LogP contribution in [-0.4, -0.2) is 30.1 Å². The van der Waals surface area contributed by atoms with E-state index in [-0.39, 0.29) is 11.6 Å². The third-order valence-electron chi connectivity index (χ3n) is 4.12. The van der Waals surface area contributed by atoms with Crippen LogP contribution in [-0.2, 0) is 5.92 Å².